The molecule has 0 aliphatic rings. The van der Waals surface area contributed by atoms with Crippen LogP contribution >= 0.6 is 11.6 Å². The number of hydrogen-bond donors (Lipinski definition) is 1. The van der Waals surface area contributed by atoms with Gasteiger partial charge < -0.3 is 5.32 Å². The SMILES string of the molecule is O=C(NCCCl)c1c(F)c(F)c(F)c(F)c1F. The number of amides is 1. The van der Waals surface area contributed by atoms with Crippen LogP contribution in [0.5, 0.6) is 0 Å². The predicted molar refractivity (Wildman–Crippen MR) is 49.3 cm³/mol. The van der Waals surface area contributed by atoms with E-state index in [2.05, 4.69) is 0 Å². The van der Waals surface area contributed by atoms with Gasteiger partial charge in [0.05, 0.1) is 0 Å². The van der Waals surface area contributed by atoms with Crippen LogP contribution in [0, 0.1) is 29.1 Å². The number of alkyl halides is 1. The molecule has 17 heavy (non-hydrogen) atoms. The fraction of sp³-hybridized carbons (Fsp3) is 0.222. The van der Waals surface area contributed by atoms with Gasteiger partial charge in [-0.05, 0) is 0 Å². The molecule has 0 saturated carbocycles. The molecule has 0 aromatic heterocycles. The maximum absolute atomic E-state index is 13.1. The normalized spacial score (nSPS) is 10.5. The summed E-state index contributed by atoms with van der Waals surface area (Å²) in [5.74, 6) is -12.5. The van der Waals surface area contributed by atoms with Crippen molar-refractivity contribution >= 4 is 17.5 Å². The molecule has 8 heteroatoms. The zero-order valence-corrected chi connectivity index (χ0v) is 8.85. The number of carbonyl (C=O) groups is 1. The van der Waals surface area contributed by atoms with Crippen LogP contribution in [0.1, 0.15) is 10.4 Å². The van der Waals surface area contributed by atoms with E-state index in [1.165, 1.54) is 0 Å². The molecule has 0 radical (unpaired) electrons. The van der Waals surface area contributed by atoms with Crippen molar-refractivity contribution in [2.75, 3.05) is 12.4 Å². The zero-order valence-electron chi connectivity index (χ0n) is 8.09. The number of benzene rings is 1. The van der Waals surface area contributed by atoms with Crippen LogP contribution in [-0.4, -0.2) is 18.3 Å². The maximum atomic E-state index is 13.1. The third-order valence-electron chi connectivity index (χ3n) is 1.82. The number of rotatable bonds is 3. The highest BCUT2D eigenvalue weighted by Crippen LogP contribution is 2.22. The van der Waals surface area contributed by atoms with Gasteiger partial charge in [-0.25, -0.2) is 22.0 Å². The number of nitrogens with one attached hydrogen (secondary N) is 1. The second kappa shape index (κ2) is 5.31. The van der Waals surface area contributed by atoms with Crippen molar-refractivity contribution in [3.63, 3.8) is 0 Å². The highest BCUT2D eigenvalue weighted by atomic mass is 35.5. The molecule has 0 heterocycles. The smallest absolute Gasteiger partial charge is 0.257 e. The van der Waals surface area contributed by atoms with Gasteiger partial charge in [-0.15, -0.1) is 11.6 Å². The summed E-state index contributed by atoms with van der Waals surface area (Å²) in [7, 11) is 0. The van der Waals surface area contributed by atoms with Gasteiger partial charge >= 0.3 is 0 Å². The van der Waals surface area contributed by atoms with Crippen molar-refractivity contribution in [3.05, 3.63) is 34.6 Å². The third kappa shape index (κ3) is 2.49. The van der Waals surface area contributed by atoms with Crippen molar-refractivity contribution in [3.8, 4) is 0 Å². The lowest BCUT2D eigenvalue weighted by Gasteiger charge is -2.07. The minimum atomic E-state index is -2.31. The Kier molecular flexibility index (Phi) is 4.28. The van der Waals surface area contributed by atoms with Crippen molar-refractivity contribution in [1.29, 1.82) is 0 Å². The molecule has 1 rings (SSSR count). The number of hydrogen-bond acceptors (Lipinski definition) is 1. The van der Waals surface area contributed by atoms with Crippen molar-refractivity contribution in [2.45, 2.75) is 0 Å². The predicted octanol–water partition coefficient (Wildman–Crippen LogP) is 2.35. The van der Waals surface area contributed by atoms with Crippen LogP contribution in [0.3, 0.4) is 0 Å². The van der Waals surface area contributed by atoms with E-state index in [0.717, 1.165) is 0 Å². The Morgan fingerprint density at radius 3 is 1.76 bits per heavy atom. The minimum absolute atomic E-state index is 0.0683. The minimum Gasteiger partial charge on any atom is -0.351 e. The second-order valence-corrected chi connectivity index (χ2v) is 3.27. The maximum Gasteiger partial charge on any atom is 0.257 e. The van der Waals surface area contributed by atoms with Crippen LogP contribution in [0.25, 0.3) is 0 Å². The Labute approximate surface area is 97.4 Å². The molecule has 0 fully saturated rings. The van der Waals surface area contributed by atoms with E-state index in [-0.39, 0.29) is 12.4 Å². The quantitative estimate of drug-likeness (QED) is 0.389. The van der Waals surface area contributed by atoms with Gasteiger partial charge in [0.15, 0.2) is 23.3 Å². The summed E-state index contributed by atoms with van der Waals surface area (Å²) in [6.45, 7) is -0.167. The Morgan fingerprint density at radius 1 is 0.941 bits per heavy atom. The summed E-state index contributed by atoms with van der Waals surface area (Å²) in [5, 5.41) is 1.90. The van der Waals surface area contributed by atoms with E-state index in [0.29, 0.717) is 0 Å². The van der Waals surface area contributed by atoms with Crippen molar-refractivity contribution in [2.24, 2.45) is 0 Å². The Balaban J connectivity index is 3.29. The Morgan fingerprint density at radius 2 is 1.35 bits per heavy atom. The first-order valence-corrected chi connectivity index (χ1v) is 4.80. The third-order valence-corrected chi connectivity index (χ3v) is 2.01. The topological polar surface area (TPSA) is 29.1 Å². The van der Waals surface area contributed by atoms with Gasteiger partial charge in [-0.3, -0.25) is 4.79 Å². The first-order chi connectivity index (χ1) is 7.91. The number of carbonyl (C=O) groups excluding carboxylic acids is 1. The van der Waals surface area contributed by atoms with Crippen LogP contribution in [-0.2, 0) is 0 Å². The first kappa shape index (κ1) is 13.7. The lowest BCUT2D eigenvalue weighted by Crippen LogP contribution is -2.28. The van der Waals surface area contributed by atoms with E-state index >= 15 is 0 Å². The Hall–Kier alpha value is -1.37. The first-order valence-electron chi connectivity index (χ1n) is 4.27. The van der Waals surface area contributed by atoms with Crippen molar-refractivity contribution < 1.29 is 26.7 Å². The van der Waals surface area contributed by atoms with Crippen LogP contribution in [0.2, 0.25) is 0 Å². The monoisotopic (exact) mass is 273 g/mol. The lowest BCUT2D eigenvalue weighted by atomic mass is 10.1. The molecular formula is C9H5ClF5NO. The summed E-state index contributed by atoms with van der Waals surface area (Å²) in [4.78, 5) is 11.2. The molecule has 0 spiro atoms. The molecule has 1 aromatic carbocycles. The average Bonchev–Trinajstić information content (AvgIpc) is 2.31. The van der Waals surface area contributed by atoms with Crippen LogP contribution in [0.4, 0.5) is 22.0 Å². The van der Waals surface area contributed by atoms with E-state index in [4.69, 9.17) is 11.6 Å². The molecule has 2 nitrogen and oxygen atoms in total. The molecule has 1 aromatic rings. The molecule has 94 valence electrons. The average molecular weight is 274 g/mol. The van der Waals surface area contributed by atoms with E-state index in [9.17, 15) is 26.7 Å². The van der Waals surface area contributed by atoms with Crippen LogP contribution < -0.4 is 5.32 Å². The van der Waals surface area contributed by atoms with Gasteiger partial charge in [0, 0.05) is 12.4 Å². The van der Waals surface area contributed by atoms with Gasteiger partial charge in [0.1, 0.15) is 5.56 Å². The number of halogens is 6. The molecular weight excluding hydrogens is 269 g/mol. The summed E-state index contributed by atoms with van der Waals surface area (Å²) in [6, 6.07) is 0. The molecule has 0 atom stereocenters. The molecule has 0 saturated heterocycles. The fourth-order valence-electron chi connectivity index (χ4n) is 1.05. The van der Waals surface area contributed by atoms with Gasteiger partial charge in [-0.2, -0.15) is 0 Å². The summed E-state index contributed by atoms with van der Waals surface area (Å²) in [5.41, 5.74) is -1.52. The lowest BCUT2D eigenvalue weighted by molar-refractivity contribution is 0.0944. The van der Waals surface area contributed by atoms with Gasteiger partial charge in [0.25, 0.3) is 5.91 Å². The van der Waals surface area contributed by atoms with Crippen LogP contribution in [0.15, 0.2) is 0 Å². The Bertz CT molecular complexity index is 436. The van der Waals surface area contributed by atoms with E-state index < -0.39 is 40.6 Å². The fourth-order valence-corrected chi connectivity index (χ4v) is 1.15. The highest BCUT2D eigenvalue weighted by Gasteiger charge is 2.29. The molecule has 1 amide bonds. The summed E-state index contributed by atoms with van der Waals surface area (Å²) in [6.07, 6.45) is 0. The molecule has 0 bridgehead atoms. The van der Waals surface area contributed by atoms with Crippen molar-refractivity contribution in [1.82, 2.24) is 5.32 Å². The zero-order chi connectivity index (χ0) is 13.2. The largest absolute Gasteiger partial charge is 0.351 e. The molecule has 0 unspecified atom stereocenters. The highest BCUT2D eigenvalue weighted by molar-refractivity contribution is 6.18. The molecule has 0 aliphatic heterocycles. The summed E-state index contributed by atoms with van der Waals surface area (Å²) < 4.78 is 64.2. The van der Waals surface area contributed by atoms with E-state index in [1.807, 2.05) is 5.32 Å². The molecule has 0 aliphatic carbocycles. The van der Waals surface area contributed by atoms with E-state index in [1.54, 1.807) is 0 Å². The standard InChI is InChI=1S/C9H5ClF5NO/c10-1-2-16-9(17)3-4(11)6(13)8(15)7(14)5(3)12/h1-2H2,(H,16,17). The molecule has 1 N–H and O–H groups in total. The second-order valence-electron chi connectivity index (χ2n) is 2.89. The van der Waals surface area contributed by atoms with Gasteiger partial charge in [0.2, 0.25) is 5.82 Å². The summed E-state index contributed by atoms with van der Waals surface area (Å²) >= 11 is 5.19. The van der Waals surface area contributed by atoms with Gasteiger partial charge in [-0.1, -0.05) is 0 Å².